The molecule has 2 aromatic rings. The zero-order valence-corrected chi connectivity index (χ0v) is 12.9. The molecule has 0 radical (unpaired) electrons. The molecule has 0 fully saturated rings. The van der Waals surface area contributed by atoms with Crippen molar-refractivity contribution < 1.29 is 9.53 Å². The summed E-state index contributed by atoms with van der Waals surface area (Å²) in [6.45, 7) is 6.45. The highest BCUT2D eigenvalue weighted by Gasteiger charge is 2.14. The van der Waals surface area contributed by atoms with Crippen molar-refractivity contribution in [2.24, 2.45) is 5.41 Å². The summed E-state index contributed by atoms with van der Waals surface area (Å²) in [5.74, 6) is 1.73. The lowest BCUT2D eigenvalue weighted by Gasteiger charge is -2.17. The number of carbonyl (C=O) groups is 1. The van der Waals surface area contributed by atoms with Gasteiger partial charge in [0.25, 0.3) is 0 Å². The Labute approximate surface area is 126 Å². The van der Waals surface area contributed by atoms with Crippen molar-refractivity contribution >= 4 is 5.78 Å². The Balaban J connectivity index is 1.97. The van der Waals surface area contributed by atoms with E-state index < -0.39 is 0 Å². The number of carbonyl (C=O) groups excluding carboxylic acids is 1. The van der Waals surface area contributed by atoms with Crippen LogP contribution in [-0.2, 0) is 0 Å². The molecule has 0 amide bonds. The van der Waals surface area contributed by atoms with Crippen LogP contribution in [0.5, 0.6) is 11.5 Å². The second-order valence-electron chi connectivity index (χ2n) is 6.42. The van der Waals surface area contributed by atoms with E-state index in [-0.39, 0.29) is 11.2 Å². The van der Waals surface area contributed by atoms with Crippen LogP contribution in [0.1, 0.15) is 44.0 Å². The average Bonchev–Trinajstić information content (AvgIpc) is 2.46. The standard InChI is InChI=1S/C19H22O2/c1-19(2,3)14-13-18(20)15-9-11-17(12-10-15)21-16-7-5-4-6-8-16/h4-12H,13-14H2,1-3H3. The zero-order chi connectivity index (χ0) is 15.3. The molecule has 2 nitrogen and oxygen atoms in total. The van der Waals surface area contributed by atoms with Crippen molar-refractivity contribution in [1.29, 1.82) is 0 Å². The molecule has 0 aliphatic carbocycles. The van der Waals surface area contributed by atoms with Gasteiger partial charge in [0, 0.05) is 12.0 Å². The lowest BCUT2D eigenvalue weighted by Crippen LogP contribution is -2.09. The van der Waals surface area contributed by atoms with Gasteiger partial charge in [-0.1, -0.05) is 39.0 Å². The van der Waals surface area contributed by atoms with Crippen LogP contribution in [0.15, 0.2) is 54.6 Å². The third-order valence-corrected chi connectivity index (χ3v) is 3.26. The molecular formula is C19H22O2. The summed E-state index contributed by atoms with van der Waals surface area (Å²) < 4.78 is 5.72. The lowest BCUT2D eigenvalue weighted by atomic mass is 9.88. The molecule has 2 aromatic carbocycles. The number of ketones is 1. The minimum absolute atomic E-state index is 0.187. The van der Waals surface area contributed by atoms with E-state index in [4.69, 9.17) is 4.74 Å². The largest absolute Gasteiger partial charge is 0.457 e. The normalized spacial score (nSPS) is 11.2. The maximum Gasteiger partial charge on any atom is 0.162 e. The van der Waals surface area contributed by atoms with E-state index in [0.717, 1.165) is 23.5 Å². The minimum Gasteiger partial charge on any atom is -0.457 e. The van der Waals surface area contributed by atoms with Crippen molar-refractivity contribution in [3.63, 3.8) is 0 Å². The van der Waals surface area contributed by atoms with E-state index in [2.05, 4.69) is 20.8 Å². The van der Waals surface area contributed by atoms with E-state index in [0.29, 0.717) is 6.42 Å². The van der Waals surface area contributed by atoms with Gasteiger partial charge < -0.3 is 4.74 Å². The Kier molecular flexibility index (Phi) is 4.79. The van der Waals surface area contributed by atoms with Gasteiger partial charge in [-0.15, -0.1) is 0 Å². The van der Waals surface area contributed by atoms with Gasteiger partial charge in [0.1, 0.15) is 11.5 Å². The Hall–Kier alpha value is -2.09. The molecule has 0 unspecified atom stereocenters. The first kappa shape index (κ1) is 15.3. The second kappa shape index (κ2) is 6.57. The highest BCUT2D eigenvalue weighted by atomic mass is 16.5. The van der Waals surface area contributed by atoms with Crippen LogP contribution in [-0.4, -0.2) is 5.78 Å². The van der Waals surface area contributed by atoms with Gasteiger partial charge in [0.2, 0.25) is 0 Å². The van der Waals surface area contributed by atoms with Gasteiger partial charge in [-0.25, -0.2) is 0 Å². The number of benzene rings is 2. The Bertz CT molecular complexity index is 577. The Morgan fingerprint density at radius 2 is 1.48 bits per heavy atom. The quantitative estimate of drug-likeness (QED) is 0.678. The van der Waals surface area contributed by atoms with E-state index in [9.17, 15) is 4.79 Å². The summed E-state index contributed by atoms with van der Waals surface area (Å²) in [4.78, 5) is 12.1. The Morgan fingerprint density at radius 1 is 0.905 bits per heavy atom. The average molecular weight is 282 g/mol. The summed E-state index contributed by atoms with van der Waals surface area (Å²) in [5, 5.41) is 0. The maximum absolute atomic E-state index is 12.1. The fraction of sp³-hybridized carbons (Fsp3) is 0.316. The predicted octanol–water partition coefficient (Wildman–Crippen LogP) is 5.49. The maximum atomic E-state index is 12.1. The summed E-state index contributed by atoms with van der Waals surface area (Å²) in [6.07, 6.45) is 1.48. The smallest absolute Gasteiger partial charge is 0.162 e. The number of Topliss-reactive ketones (excluding diaryl/α,β-unsaturated/α-hetero) is 1. The van der Waals surface area contributed by atoms with Crippen LogP contribution >= 0.6 is 0 Å². The number of hydrogen-bond acceptors (Lipinski definition) is 2. The number of ether oxygens (including phenoxy) is 1. The highest BCUT2D eigenvalue weighted by Crippen LogP contribution is 2.24. The number of hydrogen-bond donors (Lipinski definition) is 0. The molecular weight excluding hydrogens is 260 g/mol. The molecule has 110 valence electrons. The lowest BCUT2D eigenvalue weighted by molar-refractivity contribution is 0.0966. The summed E-state index contributed by atoms with van der Waals surface area (Å²) in [6, 6.07) is 17.0. The van der Waals surface area contributed by atoms with Crippen LogP contribution in [0.4, 0.5) is 0 Å². The molecule has 0 atom stereocenters. The van der Waals surface area contributed by atoms with Crippen molar-refractivity contribution in [2.75, 3.05) is 0 Å². The van der Waals surface area contributed by atoms with Crippen LogP contribution in [0.25, 0.3) is 0 Å². The molecule has 0 heterocycles. The second-order valence-corrected chi connectivity index (χ2v) is 6.42. The molecule has 21 heavy (non-hydrogen) atoms. The third kappa shape index (κ3) is 5.07. The first-order chi connectivity index (χ1) is 9.94. The van der Waals surface area contributed by atoms with Crippen molar-refractivity contribution in [2.45, 2.75) is 33.6 Å². The van der Waals surface area contributed by atoms with Gasteiger partial charge in [0.15, 0.2) is 5.78 Å². The molecule has 0 aliphatic heterocycles. The molecule has 0 saturated carbocycles. The predicted molar refractivity (Wildman–Crippen MR) is 86.0 cm³/mol. The minimum atomic E-state index is 0.187. The van der Waals surface area contributed by atoms with E-state index in [1.165, 1.54) is 0 Å². The summed E-state index contributed by atoms with van der Waals surface area (Å²) in [5.41, 5.74) is 0.936. The van der Waals surface area contributed by atoms with Gasteiger partial charge in [-0.05, 0) is 48.2 Å². The zero-order valence-electron chi connectivity index (χ0n) is 12.9. The number of rotatable bonds is 5. The van der Waals surface area contributed by atoms with Crippen LogP contribution in [0, 0.1) is 5.41 Å². The molecule has 2 heteroatoms. The summed E-state index contributed by atoms with van der Waals surface area (Å²) >= 11 is 0. The van der Waals surface area contributed by atoms with E-state index >= 15 is 0 Å². The molecule has 0 aromatic heterocycles. The SMILES string of the molecule is CC(C)(C)CCC(=O)c1ccc(Oc2ccccc2)cc1. The van der Waals surface area contributed by atoms with Crippen molar-refractivity contribution in [3.8, 4) is 11.5 Å². The van der Waals surface area contributed by atoms with Crippen LogP contribution < -0.4 is 4.74 Å². The monoisotopic (exact) mass is 282 g/mol. The number of para-hydroxylation sites is 1. The fourth-order valence-corrected chi connectivity index (χ4v) is 1.97. The molecule has 0 bridgehead atoms. The highest BCUT2D eigenvalue weighted by molar-refractivity contribution is 5.96. The first-order valence-corrected chi connectivity index (χ1v) is 7.30. The van der Waals surface area contributed by atoms with Crippen LogP contribution in [0.2, 0.25) is 0 Å². The Morgan fingerprint density at radius 3 is 2.05 bits per heavy atom. The van der Waals surface area contributed by atoms with Gasteiger partial charge in [-0.3, -0.25) is 4.79 Å². The molecule has 0 saturated heterocycles. The molecule has 0 aliphatic rings. The van der Waals surface area contributed by atoms with Crippen molar-refractivity contribution in [3.05, 3.63) is 60.2 Å². The van der Waals surface area contributed by atoms with E-state index in [1.54, 1.807) is 0 Å². The van der Waals surface area contributed by atoms with Gasteiger partial charge in [0.05, 0.1) is 0 Å². The molecule has 0 spiro atoms. The first-order valence-electron chi connectivity index (χ1n) is 7.30. The topological polar surface area (TPSA) is 26.3 Å². The third-order valence-electron chi connectivity index (χ3n) is 3.26. The van der Waals surface area contributed by atoms with Crippen LogP contribution in [0.3, 0.4) is 0 Å². The van der Waals surface area contributed by atoms with Gasteiger partial charge in [-0.2, -0.15) is 0 Å². The van der Waals surface area contributed by atoms with E-state index in [1.807, 2.05) is 54.6 Å². The molecule has 2 rings (SSSR count). The fourth-order valence-electron chi connectivity index (χ4n) is 1.97. The van der Waals surface area contributed by atoms with Gasteiger partial charge >= 0.3 is 0 Å². The molecule has 0 N–H and O–H groups in total. The summed E-state index contributed by atoms with van der Waals surface area (Å²) in [7, 11) is 0. The van der Waals surface area contributed by atoms with Crippen molar-refractivity contribution in [1.82, 2.24) is 0 Å².